The van der Waals surface area contributed by atoms with E-state index in [-0.39, 0.29) is 22.7 Å². The molecule has 1 atom stereocenters. The zero-order chi connectivity index (χ0) is 17.0. The summed E-state index contributed by atoms with van der Waals surface area (Å²) >= 11 is 0. The van der Waals surface area contributed by atoms with Gasteiger partial charge in [0.25, 0.3) is 5.69 Å². The lowest BCUT2D eigenvalue weighted by atomic mass is 10.0. The lowest BCUT2D eigenvalue weighted by Crippen LogP contribution is -2.54. The molecule has 7 heteroatoms. The summed E-state index contributed by atoms with van der Waals surface area (Å²) < 4.78 is 5.39. The number of hydrogen-bond donors (Lipinski definition) is 1. The van der Waals surface area contributed by atoms with Gasteiger partial charge in [0.15, 0.2) is 0 Å². The summed E-state index contributed by atoms with van der Waals surface area (Å²) in [5.41, 5.74) is 0.250. The van der Waals surface area contributed by atoms with Gasteiger partial charge in [-0.2, -0.15) is 0 Å². The number of nitrogens with zero attached hydrogens (tertiary/aromatic N) is 2. The fourth-order valence-electron chi connectivity index (χ4n) is 2.58. The van der Waals surface area contributed by atoms with Crippen molar-refractivity contribution in [3.8, 4) is 0 Å². The minimum absolute atomic E-state index is 0.0302. The Bertz CT molecular complexity index is 583. The van der Waals surface area contributed by atoms with E-state index in [1.807, 2.05) is 20.8 Å². The molecule has 23 heavy (non-hydrogen) atoms. The molecule has 0 aliphatic carbocycles. The number of ether oxygens (including phenoxy) is 1. The molecule has 0 radical (unpaired) electrons. The normalized spacial score (nSPS) is 18.6. The molecule has 1 saturated heterocycles. The maximum atomic E-state index is 12.2. The number of para-hydroxylation sites is 1. The second-order valence-corrected chi connectivity index (χ2v) is 6.67. The highest BCUT2D eigenvalue weighted by molar-refractivity contribution is 5.68. The Balaban J connectivity index is 2.02. The third kappa shape index (κ3) is 4.92. The molecule has 1 fully saturated rings. The van der Waals surface area contributed by atoms with Crippen LogP contribution in [0.25, 0.3) is 0 Å². The van der Waals surface area contributed by atoms with Crippen LogP contribution in [0.3, 0.4) is 0 Å². The van der Waals surface area contributed by atoms with Gasteiger partial charge in [-0.25, -0.2) is 4.79 Å². The molecule has 0 aromatic heterocycles. The first kappa shape index (κ1) is 17.2. The summed E-state index contributed by atoms with van der Waals surface area (Å²) in [6, 6.07) is 6.67. The third-order valence-corrected chi connectivity index (χ3v) is 3.56. The fraction of sp³-hybridized carbons (Fsp3) is 0.562. The Kier molecular flexibility index (Phi) is 5.20. The number of benzene rings is 1. The predicted molar refractivity (Wildman–Crippen MR) is 86.4 cm³/mol. The summed E-state index contributed by atoms with van der Waals surface area (Å²) in [4.78, 5) is 24.5. The number of carbonyl (C=O) groups is 1. The molecule has 0 unspecified atom stereocenters. The molecular formula is C16H23N3O4. The molecule has 2 rings (SSSR count). The highest BCUT2D eigenvalue weighted by atomic mass is 16.6. The van der Waals surface area contributed by atoms with Gasteiger partial charge in [-0.3, -0.25) is 10.1 Å². The fourth-order valence-corrected chi connectivity index (χ4v) is 2.58. The number of piperazine rings is 1. The van der Waals surface area contributed by atoms with Crippen molar-refractivity contribution in [1.29, 1.82) is 0 Å². The first-order valence-corrected chi connectivity index (χ1v) is 7.70. The number of amides is 1. The van der Waals surface area contributed by atoms with Crippen LogP contribution in [-0.4, -0.2) is 47.2 Å². The molecule has 1 heterocycles. The van der Waals surface area contributed by atoms with E-state index in [1.54, 1.807) is 23.1 Å². The summed E-state index contributed by atoms with van der Waals surface area (Å²) in [7, 11) is 0. The maximum Gasteiger partial charge on any atom is 0.410 e. The molecule has 1 N–H and O–H groups in total. The quantitative estimate of drug-likeness (QED) is 0.682. The molecule has 1 aliphatic heterocycles. The largest absolute Gasteiger partial charge is 0.444 e. The van der Waals surface area contributed by atoms with Gasteiger partial charge in [-0.15, -0.1) is 0 Å². The first-order chi connectivity index (χ1) is 10.8. The Hall–Kier alpha value is -2.15. The van der Waals surface area contributed by atoms with E-state index in [4.69, 9.17) is 4.74 Å². The molecule has 1 amide bonds. The number of nitro benzene ring substituents is 1. The molecule has 0 saturated carbocycles. The van der Waals surface area contributed by atoms with E-state index in [9.17, 15) is 14.9 Å². The molecule has 0 spiro atoms. The van der Waals surface area contributed by atoms with Crippen LogP contribution in [0.1, 0.15) is 26.3 Å². The van der Waals surface area contributed by atoms with Crippen molar-refractivity contribution < 1.29 is 14.5 Å². The Morgan fingerprint density at radius 1 is 1.43 bits per heavy atom. The maximum absolute atomic E-state index is 12.2. The second kappa shape index (κ2) is 6.95. The van der Waals surface area contributed by atoms with Crippen LogP contribution in [0.2, 0.25) is 0 Å². The van der Waals surface area contributed by atoms with Crippen molar-refractivity contribution >= 4 is 11.8 Å². The monoisotopic (exact) mass is 321 g/mol. The van der Waals surface area contributed by atoms with Gasteiger partial charge >= 0.3 is 6.09 Å². The summed E-state index contributed by atoms with van der Waals surface area (Å²) in [5.74, 6) is 0. The van der Waals surface area contributed by atoms with E-state index >= 15 is 0 Å². The zero-order valence-corrected chi connectivity index (χ0v) is 13.7. The van der Waals surface area contributed by atoms with Crippen LogP contribution < -0.4 is 5.32 Å². The number of rotatable bonds is 3. The third-order valence-electron chi connectivity index (χ3n) is 3.56. The zero-order valence-electron chi connectivity index (χ0n) is 13.7. The van der Waals surface area contributed by atoms with Crippen LogP contribution in [0.5, 0.6) is 0 Å². The minimum atomic E-state index is -0.532. The highest BCUT2D eigenvalue weighted by Gasteiger charge is 2.28. The smallest absolute Gasteiger partial charge is 0.410 e. The van der Waals surface area contributed by atoms with Gasteiger partial charge in [0.1, 0.15) is 5.60 Å². The minimum Gasteiger partial charge on any atom is -0.444 e. The molecule has 1 aliphatic rings. The highest BCUT2D eigenvalue weighted by Crippen LogP contribution is 2.20. The summed E-state index contributed by atoms with van der Waals surface area (Å²) in [5, 5.41) is 14.4. The van der Waals surface area contributed by atoms with E-state index in [0.717, 1.165) is 0 Å². The van der Waals surface area contributed by atoms with Crippen LogP contribution in [0.4, 0.5) is 10.5 Å². The van der Waals surface area contributed by atoms with Crippen LogP contribution in [-0.2, 0) is 11.2 Å². The Labute approximate surface area is 135 Å². The van der Waals surface area contributed by atoms with Crippen molar-refractivity contribution in [2.24, 2.45) is 0 Å². The molecule has 126 valence electrons. The lowest BCUT2D eigenvalue weighted by molar-refractivity contribution is -0.385. The number of hydrogen-bond acceptors (Lipinski definition) is 5. The first-order valence-electron chi connectivity index (χ1n) is 7.70. The number of nitrogens with one attached hydrogen (secondary N) is 1. The van der Waals surface area contributed by atoms with E-state index in [1.165, 1.54) is 6.07 Å². The molecule has 1 aromatic carbocycles. The SMILES string of the molecule is CC(C)(C)OC(=O)N1CCN[C@H](Cc2ccccc2[N+](=O)[O-])C1. The second-order valence-electron chi connectivity index (χ2n) is 6.67. The summed E-state index contributed by atoms with van der Waals surface area (Å²) in [6.45, 7) is 7.18. The van der Waals surface area contributed by atoms with Crippen molar-refractivity contribution in [1.82, 2.24) is 10.2 Å². The lowest BCUT2D eigenvalue weighted by Gasteiger charge is -2.34. The van der Waals surface area contributed by atoms with Crippen molar-refractivity contribution in [3.63, 3.8) is 0 Å². The van der Waals surface area contributed by atoms with Crippen molar-refractivity contribution in [2.75, 3.05) is 19.6 Å². The average molecular weight is 321 g/mol. The van der Waals surface area contributed by atoms with Gasteiger partial charge < -0.3 is 15.0 Å². The van der Waals surface area contributed by atoms with Gasteiger partial charge in [0.05, 0.1) is 4.92 Å². The standard InChI is InChI=1S/C16H23N3O4/c1-16(2,3)23-15(20)18-9-8-17-13(11-18)10-12-6-4-5-7-14(12)19(21)22/h4-7,13,17H,8-11H2,1-3H3/t13-/m1/s1. The number of carbonyl (C=O) groups excluding carboxylic acids is 1. The van der Waals surface area contributed by atoms with Gasteiger partial charge in [0, 0.05) is 37.3 Å². The molecule has 7 nitrogen and oxygen atoms in total. The van der Waals surface area contributed by atoms with Gasteiger partial charge in [-0.05, 0) is 27.2 Å². The molecular weight excluding hydrogens is 298 g/mol. The predicted octanol–water partition coefficient (Wildman–Crippen LogP) is 2.35. The van der Waals surface area contributed by atoms with Gasteiger partial charge in [-0.1, -0.05) is 18.2 Å². The van der Waals surface area contributed by atoms with Crippen molar-refractivity contribution in [2.45, 2.75) is 38.8 Å². The molecule has 0 bridgehead atoms. The van der Waals surface area contributed by atoms with Gasteiger partial charge in [0.2, 0.25) is 0 Å². The number of nitro groups is 1. The van der Waals surface area contributed by atoms with Crippen LogP contribution in [0, 0.1) is 10.1 Å². The van der Waals surface area contributed by atoms with Crippen molar-refractivity contribution in [3.05, 3.63) is 39.9 Å². The Morgan fingerprint density at radius 3 is 2.78 bits per heavy atom. The summed E-state index contributed by atoms with van der Waals surface area (Å²) in [6.07, 6.45) is 0.155. The van der Waals surface area contributed by atoms with E-state index in [2.05, 4.69) is 5.32 Å². The van der Waals surface area contributed by atoms with E-state index in [0.29, 0.717) is 31.6 Å². The van der Waals surface area contributed by atoms with Crippen LogP contribution in [0.15, 0.2) is 24.3 Å². The molecule has 1 aromatic rings. The van der Waals surface area contributed by atoms with Crippen LogP contribution >= 0.6 is 0 Å². The Morgan fingerprint density at radius 2 is 2.13 bits per heavy atom. The topological polar surface area (TPSA) is 84.7 Å². The van der Waals surface area contributed by atoms with E-state index < -0.39 is 5.60 Å². The average Bonchev–Trinajstić information content (AvgIpc) is 2.46.